The van der Waals surface area contributed by atoms with Gasteiger partial charge in [0, 0.05) is 5.69 Å². The maximum atomic E-state index is 12.5. The van der Waals surface area contributed by atoms with E-state index in [4.69, 9.17) is 10.5 Å². The van der Waals surface area contributed by atoms with Crippen LogP contribution in [-0.2, 0) is 0 Å². The molecule has 2 aromatic carbocycles. The van der Waals surface area contributed by atoms with Gasteiger partial charge in [-0.3, -0.25) is 9.89 Å². The predicted molar refractivity (Wildman–Crippen MR) is 96.9 cm³/mol. The number of anilines is 2. The third-order valence-corrected chi connectivity index (χ3v) is 3.60. The van der Waals surface area contributed by atoms with Crippen LogP contribution in [0.5, 0.6) is 5.75 Å². The second kappa shape index (κ2) is 6.96. The molecule has 0 bridgehead atoms. The van der Waals surface area contributed by atoms with Crippen LogP contribution in [0.4, 0.5) is 16.3 Å². The van der Waals surface area contributed by atoms with Crippen molar-refractivity contribution < 1.29 is 9.53 Å². The standard InChI is InChI=1S/C18H18N4O3/c1-2-25-14-10-8-13(9-11-14)20-18(24)22-17(23)15(16(19)21-22)12-6-4-3-5-7-12/h3-11,21H,2,19H2,1H3,(H,20,24). The highest BCUT2D eigenvalue weighted by Gasteiger charge is 2.18. The van der Waals surface area contributed by atoms with Crippen molar-refractivity contribution in [1.29, 1.82) is 0 Å². The van der Waals surface area contributed by atoms with Gasteiger partial charge >= 0.3 is 6.03 Å². The van der Waals surface area contributed by atoms with Crippen molar-refractivity contribution in [2.24, 2.45) is 0 Å². The summed E-state index contributed by atoms with van der Waals surface area (Å²) in [6.07, 6.45) is 0. The molecule has 4 N–H and O–H groups in total. The number of aromatic amines is 1. The molecule has 0 atom stereocenters. The van der Waals surface area contributed by atoms with E-state index in [9.17, 15) is 9.59 Å². The van der Waals surface area contributed by atoms with E-state index in [1.807, 2.05) is 13.0 Å². The Balaban J connectivity index is 1.85. The molecule has 25 heavy (non-hydrogen) atoms. The minimum atomic E-state index is -0.622. The van der Waals surface area contributed by atoms with E-state index >= 15 is 0 Å². The summed E-state index contributed by atoms with van der Waals surface area (Å²) in [6.45, 7) is 2.45. The van der Waals surface area contributed by atoms with Crippen molar-refractivity contribution in [3.05, 3.63) is 65.0 Å². The van der Waals surface area contributed by atoms with Gasteiger partial charge in [0.15, 0.2) is 0 Å². The fraction of sp³-hybridized carbons (Fsp3) is 0.111. The first-order valence-electron chi connectivity index (χ1n) is 7.80. The van der Waals surface area contributed by atoms with E-state index in [-0.39, 0.29) is 11.4 Å². The first-order chi connectivity index (χ1) is 12.1. The van der Waals surface area contributed by atoms with Gasteiger partial charge in [-0.15, -0.1) is 0 Å². The third kappa shape index (κ3) is 3.40. The van der Waals surface area contributed by atoms with Crippen LogP contribution in [0, 0.1) is 0 Å². The Kier molecular flexibility index (Phi) is 4.56. The average molecular weight is 338 g/mol. The Hall–Kier alpha value is -3.48. The van der Waals surface area contributed by atoms with Crippen LogP contribution in [0.15, 0.2) is 59.4 Å². The number of hydrogen-bond donors (Lipinski definition) is 3. The van der Waals surface area contributed by atoms with Crippen LogP contribution in [0.3, 0.4) is 0 Å². The number of H-pyrrole nitrogens is 1. The summed E-state index contributed by atoms with van der Waals surface area (Å²) >= 11 is 0. The van der Waals surface area contributed by atoms with E-state index in [0.717, 1.165) is 4.68 Å². The number of nitrogens with two attached hydrogens (primary N) is 1. The quantitative estimate of drug-likeness (QED) is 0.680. The van der Waals surface area contributed by atoms with Gasteiger partial charge in [0.1, 0.15) is 11.6 Å². The zero-order valence-corrected chi connectivity index (χ0v) is 13.7. The molecule has 0 unspecified atom stereocenters. The van der Waals surface area contributed by atoms with Crippen LogP contribution in [0.2, 0.25) is 0 Å². The highest BCUT2D eigenvalue weighted by atomic mass is 16.5. The molecule has 0 saturated carbocycles. The summed E-state index contributed by atoms with van der Waals surface area (Å²) in [7, 11) is 0. The molecular formula is C18H18N4O3. The Bertz CT molecular complexity index is 927. The van der Waals surface area contributed by atoms with Crippen LogP contribution in [-0.4, -0.2) is 22.4 Å². The van der Waals surface area contributed by atoms with Crippen molar-refractivity contribution in [2.75, 3.05) is 17.7 Å². The molecule has 0 fully saturated rings. The SMILES string of the molecule is CCOc1ccc(NC(=O)n2[nH]c(N)c(-c3ccccc3)c2=O)cc1. The number of nitrogen functional groups attached to an aromatic ring is 1. The normalized spacial score (nSPS) is 10.4. The Morgan fingerprint density at radius 3 is 2.48 bits per heavy atom. The molecule has 7 nitrogen and oxygen atoms in total. The van der Waals surface area contributed by atoms with Crippen LogP contribution in [0.1, 0.15) is 6.92 Å². The number of nitrogens with one attached hydrogen (secondary N) is 2. The van der Waals surface area contributed by atoms with Crippen LogP contribution < -0.4 is 21.3 Å². The number of ether oxygens (including phenoxy) is 1. The summed E-state index contributed by atoms with van der Waals surface area (Å²) in [5, 5.41) is 5.25. The molecule has 1 amide bonds. The summed E-state index contributed by atoms with van der Waals surface area (Å²) < 4.78 is 6.20. The van der Waals surface area contributed by atoms with Crippen molar-refractivity contribution >= 4 is 17.5 Å². The van der Waals surface area contributed by atoms with Gasteiger partial charge in [-0.2, -0.15) is 4.68 Å². The van der Waals surface area contributed by atoms with Crippen molar-refractivity contribution in [3.63, 3.8) is 0 Å². The summed E-state index contributed by atoms with van der Waals surface area (Å²) in [4.78, 5) is 24.9. The van der Waals surface area contributed by atoms with Crippen LogP contribution in [0.25, 0.3) is 11.1 Å². The predicted octanol–water partition coefficient (Wildman–Crippen LogP) is 2.90. The summed E-state index contributed by atoms with van der Waals surface area (Å²) in [5.74, 6) is 0.839. The fourth-order valence-corrected chi connectivity index (χ4v) is 2.46. The Labute approximate surface area is 144 Å². The van der Waals surface area contributed by atoms with Gasteiger partial charge in [0.05, 0.1) is 12.2 Å². The first-order valence-corrected chi connectivity index (χ1v) is 7.80. The highest BCUT2D eigenvalue weighted by molar-refractivity contribution is 5.91. The molecular weight excluding hydrogens is 320 g/mol. The Morgan fingerprint density at radius 2 is 1.84 bits per heavy atom. The maximum absolute atomic E-state index is 12.5. The number of carbonyl (C=O) groups is 1. The van der Waals surface area contributed by atoms with E-state index in [0.29, 0.717) is 23.6 Å². The molecule has 1 heterocycles. The van der Waals surface area contributed by atoms with Crippen LogP contribution >= 0.6 is 0 Å². The minimum absolute atomic E-state index is 0.137. The molecule has 0 saturated heterocycles. The molecule has 0 spiro atoms. The minimum Gasteiger partial charge on any atom is -0.494 e. The number of carbonyl (C=O) groups excluding carboxylic acids is 1. The molecule has 3 rings (SSSR count). The number of nitrogens with zero attached hydrogens (tertiary/aromatic N) is 1. The van der Waals surface area contributed by atoms with Gasteiger partial charge in [-0.05, 0) is 36.8 Å². The van der Waals surface area contributed by atoms with Gasteiger partial charge in [0.2, 0.25) is 0 Å². The monoisotopic (exact) mass is 338 g/mol. The third-order valence-electron chi connectivity index (χ3n) is 3.60. The second-order valence-electron chi connectivity index (χ2n) is 5.29. The van der Waals surface area contributed by atoms with E-state index in [1.54, 1.807) is 48.5 Å². The topological polar surface area (TPSA) is 102 Å². The zero-order chi connectivity index (χ0) is 17.8. The molecule has 0 aliphatic carbocycles. The number of benzene rings is 2. The number of hydrogen-bond acceptors (Lipinski definition) is 4. The lowest BCUT2D eigenvalue weighted by Gasteiger charge is -2.06. The first kappa shape index (κ1) is 16.4. The summed E-state index contributed by atoms with van der Waals surface area (Å²) in [6, 6.07) is 15.2. The lowest BCUT2D eigenvalue weighted by molar-refractivity contribution is 0.250. The van der Waals surface area contributed by atoms with E-state index in [2.05, 4.69) is 10.4 Å². The molecule has 0 radical (unpaired) electrons. The molecule has 0 aliphatic heterocycles. The number of amides is 1. The Morgan fingerprint density at radius 1 is 1.16 bits per heavy atom. The van der Waals surface area contributed by atoms with E-state index < -0.39 is 11.6 Å². The number of aromatic nitrogens is 2. The maximum Gasteiger partial charge on any atom is 0.348 e. The number of rotatable bonds is 4. The largest absolute Gasteiger partial charge is 0.494 e. The lowest BCUT2D eigenvalue weighted by Crippen LogP contribution is -2.30. The smallest absolute Gasteiger partial charge is 0.348 e. The van der Waals surface area contributed by atoms with Gasteiger partial charge < -0.3 is 15.8 Å². The molecule has 3 aromatic rings. The second-order valence-corrected chi connectivity index (χ2v) is 5.29. The average Bonchev–Trinajstić information content (AvgIpc) is 2.92. The molecule has 7 heteroatoms. The van der Waals surface area contributed by atoms with Gasteiger partial charge in [-0.25, -0.2) is 4.79 Å². The highest BCUT2D eigenvalue weighted by Crippen LogP contribution is 2.20. The van der Waals surface area contributed by atoms with Crippen molar-refractivity contribution in [2.45, 2.75) is 6.92 Å². The lowest BCUT2D eigenvalue weighted by atomic mass is 10.1. The zero-order valence-electron chi connectivity index (χ0n) is 13.7. The van der Waals surface area contributed by atoms with Gasteiger partial charge in [-0.1, -0.05) is 30.3 Å². The summed E-state index contributed by atoms with van der Waals surface area (Å²) in [5.41, 5.74) is 6.83. The van der Waals surface area contributed by atoms with Crippen molar-refractivity contribution in [3.8, 4) is 16.9 Å². The van der Waals surface area contributed by atoms with Crippen molar-refractivity contribution in [1.82, 2.24) is 9.78 Å². The van der Waals surface area contributed by atoms with E-state index in [1.165, 1.54) is 0 Å². The molecule has 128 valence electrons. The molecule has 0 aliphatic rings. The fourth-order valence-electron chi connectivity index (χ4n) is 2.46. The van der Waals surface area contributed by atoms with Gasteiger partial charge in [0.25, 0.3) is 5.56 Å². The molecule has 1 aromatic heterocycles.